The fourth-order valence-corrected chi connectivity index (χ4v) is 3.43. The SMILES string of the molecule is CCc1cc2c(CSc3nnc(Cn4cncn4)o3)cc(=O)oc2cc1O. The van der Waals surface area contributed by atoms with Crippen molar-refractivity contribution in [2.45, 2.75) is 30.9 Å². The molecule has 0 aliphatic rings. The molecule has 0 aliphatic carbocycles. The highest BCUT2D eigenvalue weighted by molar-refractivity contribution is 7.98. The largest absolute Gasteiger partial charge is 0.508 e. The number of hydrogen-bond donors (Lipinski definition) is 1. The molecule has 27 heavy (non-hydrogen) atoms. The second kappa shape index (κ2) is 7.23. The number of aromatic hydroxyl groups is 1. The van der Waals surface area contributed by atoms with Crippen molar-refractivity contribution in [2.24, 2.45) is 0 Å². The van der Waals surface area contributed by atoms with Crippen molar-refractivity contribution < 1.29 is 13.9 Å². The third kappa shape index (κ3) is 3.70. The van der Waals surface area contributed by atoms with Crippen LogP contribution in [0.15, 0.2) is 49.7 Å². The lowest BCUT2D eigenvalue weighted by Gasteiger charge is -2.07. The van der Waals surface area contributed by atoms with Crippen molar-refractivity contribution in [1.82, 2.24) is 25.0 Å². The molecule has 0 saturated carbocycles. The van der Waals surface area contributed by atoms with Crippen molar-refractivity contribution >= 4 is 22.7 Å². The van der Waals surface area contributed by atoms with E-state index in [4.69, 9.17) is 8.83 Å². The Morgan fingerprint density at radius 1 is 1.19 bits per heavy atom. The molecule has 0 atom stereocenters. The van der Waals surface area contributed by atoms with E-state index in [1.165, 1.54) is 30.2 Å². The molecule has 0 bridgehead atoms. The fraction of sp³-hybridized carbons (Fsp3) is 0.235. The molecule has 10 heteroatoms. The summed E-state index contributed by atoms with van der Waals surface area (Å²) in [6, 6.07) is 4.76. The van der Waals surface area contributed by atoms with E-state index in [-0.39, 0.29) is 5.75 Å². The lowest BCUT2D eigenvalue weighted by molar-refractivity contribution is 0.397. The lowest BCUT2D eigenvalue weighted by Crippen LogP contribution is -2.00. The standard InChI is InChI=1S/C17H15N5O4S/c1-2-10-3-12-11(4-16(24)25-14(12)5-13(10)23)7-27-17-21-20-15(26-17)6-22-9-18-8-19-22/h3-5,8-9,23H,2,6-7H2,1H3. The van der Waals surface area contributed by atoms with Gasteiger partial charge in [-0.2, -0.15) is 5.10 Å². The van der Waals surface area contributed by atoms with Gasteiger partial charge in [-0.1, -0.05) is 18.7 Å². The van der Waals surface area contributed by atoms with Crippen LogP contribution in [0.1, 0.15) is 23.9 Å². The summed E-state index contributed by atoms with van der Waals surface area (Å²) in [6.07, 6.45) is 3.66. The zero-order valence-corrected chi connectivity index (χ0v) is 15.1. The molecule has 0 spiro atoms. The molecule has 1 N–H and O–H groups in total. The van der Waals surface area contributed by atoms with E-state index in [1.54, 1.807) is 11.0 Å². The van der Waals surface area contributed by atoms with Gasteiger partial charge in [0.25, 0.3) is 5.22 Å². The Kier molecular flexibility index (Phi) is 4.63. The Labute approximate surface area is 157 Å². The summed E-state index contributed by atoms with van der Waals surface area (Å²) in [4.78, 5) is 15.7. The van der Waals surface area contributed by atoms with Gasteiger partial charge in [0.15, 0.2) is 0 Å². The summed E-state index contributed by atoms with van der Waals surface area (Å²) in [5.41, 5.74) is 1.44. The van der Waals surface area contributed by atoms with Crippen LogP contribution < -0.4 is 5.63 Å². The van der Waals surface area contributed by atoms with Gasteiger partial charge in [0, 0.05) is 23.3 Å². The minimum Gasteiger partial charge on any atom is -0.508 e. The third-order valence-electron chi connectivity index (χ3n) is 3.97. The smallest absolute Gasteiger partial charge is 0.336 e. The Morgan fingerprint density at radius 3 is 2.85 bits per heavy atom. The highest BCUT2D eigenvalue weighted by Crippen LogP contribution is 2.30. The molecule has 4 aromatic rings. The average molecular weight is 385 g/mol. The normalized spacial score (nSPS) is 11.3. The van der Waals surface area contributed by atoms with E-state index in [9.17, 15) is 9.90 Å². The highest BCUT2D eigenvalue weighted by Gasteiger charge is 2.13. The molecule has 3 heterocycles. The van der Waals surface area contributed by atoms with Crippen LogP contribution in [-0.2, 0) is 18.7 Å². The van der Waals surface area contributed by atoms with E-state index < -0.39 is 5.63 Å². The number of thioether (sulfide) groups is 1. The summed E-state index contributed by atoms with van der Waals surface area (Å²) in [7, 11) is 0. The molecule has 138 valence electrons. The van der Waals surface area contributed by atoms with Crippen LogP contribution in [0.5, 0.6) is 5.75 Å². The first-order valence-corrected chi connectivity index (χ1v) is 9.17. The third-order valence-corrected chi connectivity index (χ3v) is 4.84. The zero-order valence-electron chi connectivity index (χ0n) is 14.3. The van der Waals surface area contributed by atoms with Gasteiger partial charge >= 0.3 is 5.63 Å². The summed E-state index contributed by atoms with van der Waals surface area (Å²) < 4.78 is 12.4. The number of aryl methyl sites for hydroxylation is 1. The first-order valence-electron chi connectivity index (χ1n) is 8.18. The topological polar surface area (TPSA) is 120 Å². The van der Waals surface area contributed by atoms with E-state index in [1.807, 2.05) is 13.0 Å². The molecule has 0 aliphatic heterocycles. The minimum atomic E-state index is -0.473. The Morgan fingerprint density at radius 2 is 2.07 bits per heavy atom. The second-order valence-corrected chi connectivity index (χ2v) is 6.69. The molecule has 3 aromatic heterocycles. The number of benzene rings is 1. The predicted molar refractivity (Wildman–Crippen MR) is 96.5 cm³/mol. The molecule has 4 rings (SSSR count). The van der Waals surface area contributed by atoms with Crippen molar-refractivity contribution in [3.63, 3.8) is 0 Å². The van der Waals surface area contributed by atoms with E-state index >= 15 is 0 Å². The van der Waals surface area contributed by atoms with Crippen LogP contribution in [0.3, 0.4) is 0 Å². The van der Waals surface area contributed by atoms with Crippen molar-refractivity contribution in [3.8, 4) is 5.75 Å². The number of rotatable bonds is 6. The first kappa shape index (κ1) is 17.3. The molecule has 9 nitrogen and oxygen atoms in total. The minimum absolute atomic E-state index is 0.118. The summed E-state index contributed by atoms with van der Waals surface area (Å²) >= 11 is 1.32. The Hall–Kier alpha value is -3.14. The molecule has 0 fully saturated rings. The van der Waals surface area contributed by atoms with Crippen LogP contribution in [0.4, 0.5) is 0 Å². The Balaban J connectivity index is 1.56. The number of hydrogen-bond acceptors (Lipinski definition) is 9. The molecule has 0 amide bonds. The summed E-state index contributed by atoms with van der Waals surface area (Å²) in [6.45, 7) is 2.29. The van der Waals surface area contributed by atoms with Gasteiger partial charge in [-0.15, -0.1) is 10.2 Å². The quantitative estimate of drug-likeness (QED) is 0.394. The average Bonchev–Trinajstić information content (AvgIpc) is 3.31. The number of phenolic OH excluding ortho intramolecular Hbond substituents is 1. The van der Waals surface area contributed by atoms with Crippen LogP contribution in [-0.4, -0.2) is 30.1 Å². The van der Waals surface area contributed by atoms with Gasteiger partial charge in [0.05, 0.1) is 0 Å². The molecular weight excluding hydrogens is 370 g/mol. The molecule has 1 aromatic carbocycles. The lowest BCUT2D eigenvalue weighted by atomic mass is 10.1. The van der Waals surface area contributed by atoms with E-state index in [0.717, 1.165) is 16.5 Å². The number of fused-ring (bicyclic) bond motifs is 1. The van der Waals surface area contributed by atoms with Gasteiger partial charge in [-0.3, -0.25) is 0 Å². The maximum atomic E-state index is 11.8. The number of aromatic nitrogens is 5. The summed E-state index contributed by atoms with van der Waals surface area (Å²) in [5.74, 6) is 0.979. The predicted octanol–water partition coefficient (Wildman–Crippen LogP) is 2.38. The van der Waals surface area contributed by atoms with Gasteiger partial charge in [0.2, 0.25) is 5.89 Å². The van der Waals surface area contributed by atoms with Crippen molar-refractivity contribution in [3.05, 3.63) is 58.3 Å². The summed E-state index contributed by atoms with van der Waals surface area (Å²) in [5, 5.41) is 23.1. The van der Waals surface area contributed by atoms with E-state index in [2.05, 4.69) is 20.3 Å². The van der Waals surface area contributed by atoms with Crippen LogP contribution in [0.25, 0.3) is 11.0 Å². The maximum Gasteiger partial charge on any atom is 0.336 e. The maximum absolute atomic E-state index is 11.8. The second-order valence-electron chi connectivity index (χ2n) is 5.76. The number of phenols is 1. The van der Waals surface area contributed by atoms with Gasteiger partial charge in [0.1, 0.15) is 30.5 Å². The molecule has 0 saturated heterocycles. The van der Waals surface area contributed by atoms with Gasteiger partial charge < -0.3 is 13.9 Å². The highest BCUT2D eigenvalue weighted by atomic mass is 32.2. The Bertz CT molecular complexity index is 1140. The van der Waals surface area contributed by atoms with Crippen LogP contribution >= 0.6 is 11.8 Å². The van der Waals surface area contributed by atoms with Crippen LogP contribution in [0.2, 0.25) is 0 Å². The number of nitrogens with zero attached hydrogens (tertiary/aromatic N) is 5. The first-order chi connectivity index (χ1) is 13.1. The molecule has 0 radical (unpaired) electrons. The van der Waals surface area contributed by atoms with Gasteiger partial charge in [-0.25, -0.2) is 14.5 Å². The van der Waals surface area contributed by atoms with Crippen molar-refractivity contribution in [2.75, 3.05) is 0 Å². The van der Waals surface area contributed by atoms with Crippen LogP contribution in [0, 0.1) is 0 Å². The van der Waals surface area contributed by atoms with E-state index in [0.29, 0.717) is 35.4 Å². The van der Waals surface area contributed by atoms with Gasteiger partial charge in [-0.05, 0) is 23.6 Å². The zero-order chi connectivity index (χ0) is 18.8. The monoisotopic (exact) mass is 385 g/mol. The van der Waals surface area contributed by atoms with Crippen molar-refractivity contribution in [1.29, 1.82) is 0 Å². The molecular formula is C17H15N5O4S. The fourth-order valence-electron chi connectivity index (χ4n) is 2.66. The molecule has 0 unspecified atom stereocenters.